The lowest BCUT2D eigenvalue weighted by Crippen LogP contribution is -2.21. The molecule has 1 aromatic rings. The molecule has 0 radical (unpaired) electrons. The minimum atomic E-state index is -0.511. The maximum absolute atomic E-state index is 11.8. The number of hydrogen-bond donors (Lipinski definition) is 0. The van der Waals surface area contributed by atoms with Gasteiger partial charge in [-0.2, -0.15) is 0 Å². The molecule has 0 aliphatic heterocycles. The van der Waals surface area contributed by atoms with Gasteiger partial charge in [0.15, 0.2) is 0 Å². The van der Waals surface area contributed by atoms with E-state index in [0.29, 0.717) is 18.3 Å². The molecular formula is C11H14BrClN2O3. The van der Waals surface area contributed by atoms with Gasteiger partial charge in [-0.05, 0) is 34.7 Å². The molecule has 0 aromatic carbocycles. The Labute approximate surface area is 118 Å². The van der Waals surface area contributed by atoms with Gasteiger partial charge in [-0.15, -0.1) is 11.6 Å². The first-order valence-electron chi connectivity index (χ1n) is 5.56. The van der Waals surface area contributed by atoms with Crippen molar-refractivity contribution in [3.8, 4) is 0 Å². The lowest BCUT2D eigenvalue weighted by molar-refractivity contribution is -0.385. The van der Waals surface area contributed by atoms with Crippen LogP contribution in [-0.2, 0) is 6.54 Å². The Bertz CT molecular complexity index is 490. The number of halogens is 2. The monoisotopic (exact) mass is 336 g/mol. The van der Waals surface area contributed by atoms with Gasteiger partial charge < -0.3 is 4.57 Å². The lowest BCUT2D eigenvalue weighted by atomic mass is 10.1. The van der Waals surface area contributed by atoms with E-state index in [-0.39, 0.29) is 15.7 Å². The van der Waals surface area contributed by atoms with Crippen LogP contribution in [0.2, 0.25) is 0 Å². The SMILES string of the molecule is CC(CCCl)CCn1cc([N+](=O)[O-])cc(Br)c1=O. The Morgan fingerprint density at radius 3 is 2.78 bits per heavy atom. The summed E-state index contributed by atoms with van der Waals surface area (Å²) in [6.07, 6.45) is 2.91. The number of rotatable bonds is 6. The predicted octanol–water partition coefficient (Wildman–Crippen LogP) is 3.17. The molecule has 0 bridgehead atoms. The molecule has 18 heavy (non-hydrogen) atoms. The van der Waals surface area contributed by atoms with Gasteiger partial charge >= 0.3 is 0 Å². The van der Waals surface area contributed by atoms with Crippen molar-refractivity contribution in [3.63, 3.8) is 0 Å². The van der Waals surface area contributed by atoms with E-state index < -0.39 is 4.92 Å². The summed E-state index contributed by atoms with van der Waals surface area (Å²) in [4.78, 5) is 22.0. The molecule has 0 fully saturated rings. The number of aromatic nitrogens is 1. The van der Waals surface area contributed by atoms with Crippen LogP contribution in [0.4, 0.5) is 5.69 Å². The first kappa shape index (κ1) is 15.2. The molecule has 0 aliphatic carbocycles. The summed E-state index contributed by atoms with van der Waals surface area (Å²) >= 11 is 8.68. The molecule has 0 aliphatic rings. The van der Waals surface area contributed by atoms with Crippen LogP contribution in [-0.4, -0.2) is 15.4 Å². The van der Waals surface area contributed by atoms with Gasteiger partial charge in [0.1, 0.15) is 0 Å². The van der Waals surface area contributed by atoms with Crippen molar-refractivity contribution >= 4 is 33.2 Å². The van der Waals surface area contributed by atoms with Crippen molar-refractivity contribution in [2.45, 2.75) is 26.3 Å². The molecule has 0 saturated heterocycles. The third-order valence-electron chi connectivity index (χ3n) is 2.70. The summed E-state index contributed by atoms with van der Waals surface area (Å²) in [7, 11) is 0. The standard InChI is InChI=1S/C11H14BrClN2O3/c1-8(2-4-13)3-5-14-7-9(15(17)18)6-10(12)11(14)16/h6-8H,2-5H2,1H3. The van der Waals surface area contributed by atoms with E-state index in [1.807, 2.05) is 6.92 Å². The maximum atomic E-state index is 11.8. The molecule has 100 valence electrons. The number of nitrogens with zero attached hydrogens (tertiary/aromatic N) is 2. The highest BCUT2D eigenvalue weighted by Crippen LogP contribution is 2.16. The zero-order valence-electron chi connectivity index (χ0n) is 9.94. The molecule has 7 heteroatoms. The summed E-state index contributed by atoms with van der Waals surface area (Å²) in [5.74, 6) is 0.960. The van der Waals surface area contributed by atoms with Gasteiger partial charge in [0.05, 0.1) is 15.6 Å². The second kappa shape index (κ2) is 6.89. The van der Waals surface area contributed by atoms with Crippen molar-refractivity contribution in [3.05, 3.63) is 37.2 Å². The van der Waals surface area contributed by atoms with E-state index in [2.05, 4.69) is 15.9 Å². The van der Waals surface area contributed by atoms with E-state index in [1.165, 1.54) is 16.8 Å². The van der Waals surface area contributed by atoms with Gasteiger partial charge in [0.2, 0.25) is 0 Å². The van der Waals surface area contributed by atoms with Crippen LogP contribution < -0.4 is 5.56 Å². The highest BCUT2D eigenvalue weighted by Gasteiger charge is 2.12. The number of aryl methyl sites for hydroxylation is 1. The second-order valence-electron chi connectivity index (χ2n) is 4.17. The van der Waals surface area contributed by atoms with Crippen LogP contribution >= 0.6 is 27.5 Å². The number of hydrogen-bond acceptors (Lipinski definition) is 3. The molecule has 0 N–H and O–H groups in total. The van der Waals surface area contributed by atoms with Crippen LogP contribution in [0.1, 0.15) is 19.8 Å². The molecule has 1 atom stereocenters. The quantitative estimate of drug-likeness (QED) is 0.455. The van der Waals surface area contributed by atoms with E-state index in [0.717, 1.165) is 12.8 Å². The Kier molecular flexibility index (Phi) is 5.81. The third-order valence-corrected chi connectivity index (χ3v) is 3.49. The summed E-state index contributed by atoms with van der Waals surface area (Å²) in [6.45, 7) is 2.50. The predicted molar refractivity (Wildman–Crippen MR) is 74.2 cm³/mol. The maximum Gasteiger partial charge on any atom is 0.286 e. The summed E-state index contributed by atoms with van der Waals surface area (Å²) in [6, 6.07) is 1.22. The highest BCUT2D eigenvalue weighted by molar-refractivity contribution is 9.10. The van der Waals surface area contributed by atoms with Crippen molar-refractivity contribution in [2.75, 3.05) is 5.88 Å². The third kappa shape index (κ3) is 4.10. The van der Waals surface area contributed by atoms with Crippen molar-refractivity contribution in [2.24, 2.45) is 5.92 Å². The Morgan fingerprint density at radius 2 is 2.22 bits per heavy atom. The molecule has 1 unspecified atom stereocenters. The molecule has 1 heterocycles. The van der Waals surface area contributed by atoms with Gasteiger partial charge in [0, 0.05) is 18.5 Å². The van der Waals surface area contributed by atoms with Crippen LogP contribution in [0.5, 0.6) is 0 Å². The van der Waals surface area contributed by atoms with E-state index >= 15 is 0 Å². The average Bonchev–Trinajstić information content (AvgIpc) is 2.31. The van der Waals surface area contributed by atoms with Gasteiger partial charge in [-0.1, -0.05) is 6.92 Å². The Balaban J connectivity index is 2.88. The molecular weight excluding hydrogens is 323 g/mol. The van der Waals surface area contributed by atoms with Crippen LogP contribution in [0.25, 0.3) is 0 Å². The summed E-state index contributed by atoms with van der Waals surface area (Å²) < 4.78 is 1.58. The number of nitro groups is 1. The largest absolute Gasteiger partial charge is 0.308 e. The molecule has 5 nitrogen and oxygen atoms in total. The summed E-state index contributed by atoms with van der Waals surface area (Å²) in [5, 5.41) is 10.7. The van der Waals surface area contributed by atoms with Gasteiger partial charge in [-0.25, -0.2) is 0 Å². The van der Waals surface area contributed by atoms with E-state index in [1.54, 1.807) is 0 Å². The van der Waals surface area contributed by atoms with Crippen molar-refractivity contribution in [1.29, 1.82) is 0 Å². The fraction of sp³-hybridized carbons (Fsp3) is 0.545. The Morgan fingerprint density at radius 1 is 1.56 bits per heavy atom. The average molecular weight is 338 g/mol. The smallest absolute Gasteiger partial charge is 0.286 e. The first-order valence-corrected chi connectivity index (χ1v) is 6.88. The minimum absolute atomic E-state index is 0.0912. The fourth-order valence-electron chi connectivity index (χ4n) is 1.54. The van der Waals surface area contributed by atoms with Crippen molar-refractivity contribution in [1.82, 2.24) is 4.57 Å². The topological polar surface area (TPSA) is 65.1 Å². The summed E-state index contributed by atoms with van der Waals surface area (Å²) in [5.41, 5.74) is -0.342. The van der Waals surface area contributed by atoms with Crippen LogP contribution in [0, 0.1) is 16.0 Å². The van der Waals surface area contributed by atoms with Gasteiger partial charge in [0.25, 0.3) is 11.2 Å². The molecule has 1 rings (SSSR count). The number of pyridine rings is 1. The molecule has 0 amide bonds. The van der Waals surface area contributed by atoms with Crippen LogP contribution in [0.3, 0.4) is 0 Å². The van der Waals surface area contributed by atoms with E-state index in [9.17, 15) is 14.9 Å². The Hall–Kier alpha value is -0.880. The number of alkyl halides is 1. The fourth-order valence-corrected chi connectivity index (χ4v) is 2.38. The highest BCUT2D eigenvalue weighted by atomic mass is 79.9. The van der Waals surface area contributed by atoms with Gasteiger partial charge in [-0.3, -0.25) is 14.9 Å². The normalized spacial score (nSPS) is 12.4. The second-order valence-corrected chi connectivity index (χ2v) is 5.41. The zero-order chi connectivity index (χ0) is 13.7. The van der Waals surface area contributed by atoms with E-state index in [4.69, 9.17) is 11.6 Å². The molecule has 0 saturated carbocycles. The zero-order valence-corrected chi connectivity index (χ0v) is 12.3. The van der Waals surface area contributed by atoms with Crippen molar-refractivity contribution < 1.29 is 4.92 Å². The first-order chi connectivity index (χ1) is 8.45. The minimum Gasteiger partial charge on any atom is -0.308 e. The lowest BCUT2D eigenvalue weighted by Gasteiger charge is -2.11. The molecule has 0 spiro atoms. The van der Waals surface area contributed by atoms with Crippen LogP contribution in [0.15, 0.2) is 21.5 Å². The molecule has 1 aromatic heterocycles.